The van der Waals surface area contributed by atoms with Crippen molar-refractivity contribution in [3.8, 4) is 0 Å². The highest BCUT2D eigenvalue weighted by Gasteiger charge is 2.15. The van der Waals surface area contributed by atoms with Crippen LogP contribution in [-0.4, -0.2) is 27.9 Å². The molecule has 2 aromatic heterocycles. The first-order valence-electron chi connectivity index (χ1n) is 6.39. The highest BCUT2D eigenvalue weighted by atomic mass is 32.1. The fraction of sp³-hybridized carbons (Fsp3) is 0.385. The Hall–Kier alpha value is -2.02. The van der Waals surface area contributed by atoms with Crippen LogP contribution in [0.1, 0.15) is 40.3 Å². The van der Waals surface area contributed by atoms with Crippen molar-refractivity contribution in [1.29, 1.82) is 0 Å². The molecule has 0 aromatic carbocycles. The number of nitrogens with one attached hydrogen (secondary N) is 2. The topological polar surface area (TPSA) is 79.8 Å². The Morgan fingerprint density at radius 2 is 2.10 bits per heavy atom. The predicted octanol–water partition coefficient (Wildman–Crippen LogP) is 2.03. The maximum absolute atomic E-state index is 12.0. The largest absolute Gasteiger partial charge is 0.372 e. The molecule has 0 aliphatic carbocycles. The minimum atomic E-state index is -0.249. The van der Waals surface area contributed by atoms with Gasteiger partial charge in [-0.3, -0.25) is 4.79 Å². The average molecular weight is 291 g/mol. The highest BCUT2D eigenvalue weighted by Crippen LogP contribution is 2.20. The number of hydrogen-bond donors (Lipinski definition) is 2. The maximum atomic E-state index is 12.0. The van der Waals surface area contributed by atoms with Gasteiger partial charge in [-0.05, 0) is 13.3 Å². The highest BCUT2D eigenvalue weighted by molar-refractivity contribution is 7.11. The summed E-state index contributed by atoms with van der Waals surface area (Å²) >= 11 is 1.61. The van der Waals surface area contributed by atoms with Crippen molar-refractivity contribution in [3.63, 3.8) is 0 Å². The normalized spacial score (nSPS) is 11.9. The molecule has 20 heavy (non-hydrogen) atoms. The van der Waals surface area contributed by atoms with E-state index >= 15 is 0 Å². The van der Waals surface area contributed by atoms with Gasteiger partial charge < -0.3 is 10.6 Å². The summed E-state index contributed by atoms with van der Waals surface area (Å²) in [4.78, 5) is 25.7. The standard InChI is InChI=1S/C13H17N5OS/c1-4-9-5-17-13(20-9)8(2)18-12(19)10-6-16-11(14-3)7-15-10/h5-8H,4H2,1-3H3,(H,14,16)(H,18,19). The molecule has 2 heterocycles. The molecule has 2 aromatic rings. The second kappa shape index (κ2) is 6.42. The van der Waals surface area contributed by atoms with Crippen LogP contribution in [0.15, 0.2) is 18.6 Å². The lowest BCUT2D eigenvalue weighted by Crippen LogP contribution is -2.27. The zero-order valence-corrected chi connectivity index (χ0v) is 12.5. The second-order valence-corrected chi connectivity index (χ2v) is 5.40. The molecule has 106 valence electrons. The lowest BCUT2D eigenvalue weighted by atomic mass is 10.3. The fourth-order valence-corrected chi connectivity index (χ4v) is 2.45. The third kappa shape index (κ3) is 3.30. The summed E-state index contributed by atoms with van der Waals surface area (Å²) in [5.41, 5.74) is 0.295. The van der Waals surface area contributed by atoms with Gasteiger partial charge in [-0.2, -0.15) is 0 Å². The van der Waals surface area contributed by atoms with E-state index in [0.717, 1.165) is 11.4 Å². The van der Waals surface area contributed by atoms with E-state index in [1.165, 1.54) is 17.3 Å². The summed E-state index contributed by atoms with van der Waals surface area (Å²) in [5, 5.41) is 6.63. The van der Waals surface area contributed by atoms with Gasteiger partial charge in [0, 0.05) is 18.1 Å². The number of nitrogens with zero attached hydrogens (tertiary/aromatic N) is 3. The lowest BCUT2D eigenvalue weighted by Gasteiger charge is -2.10. The van der Waals surface area contributed by atoms with Crippen LogP contribution in [0.3, 0.4) is 0 Å². The quantitative estimate of drug-likeness (QED) is 0.881. The molecule has 6 nitrogen and oxygen atoms in total. The molecule has 0 spiro atoms. The van der Waals surface area contributed by atoms with Gasteiger partial charge in [-0.25, -0.2) is 15.0 Å². The van der Waals surface area contributed by atoms with Crippen molar-refractivity contribution < 1.29 is 4.79 Å². The van der Waals surface area contributed by atoms with Gasteiger partial charge in [0.2, 0.25) is 0 Å². The third-order valence-corrected chi connectivity index (χ3v) is 4.10. The van der Waals surface area contributed by atoms with E-state index in [9.17, 15) is 4.79 Å². The first kappa shape index (κ1) is 14.4. The van der Waals surface area contributed by atoms with E-state index in [2.05, 4.69) is 32.5 Å². The summed E-state index contributed by atoms with van der Waals surface area (Å²) in [7, 11) is 1.75. The van der Waals surface area contributed by atoms with Crippen LogP contribution in [0.2, 0.25) is 0 Å². The van der Waals surface area contributed by atoms with Crippen LogP contribution in [0, 0.1) is 0 Å². The lowest BCUT2D eigenvalue weighted by molar-refractivity contribution is 0.0934. The minimum absolute atomic E-state index is 0.140. The number of anilines is 1. The van der Waals surface area contributed by atoms with Crippen molar-refractivity contribution in [2.75, 3.05) is 12.4 Å². The van der Waals surface area contributed by atoms with Crippen molar-refractivity contribution in [2.45, 2.75) is 26.3 Å². The van der Waals surface area contributed by atoms with Crippen LogP contribution >= 0.6 is 11.3 Å². The average Bonchev–Trinajstić information content (AvgIpc) is 2.96. The first-order valence-corrected chi connectivity index (χ1v) is 7.21. The molecule has 2 rings (SSSR count). The molecule has 0 saturated carbocycles. The number of aromatic nitrogens is 3. The monoisotopic (exact) mass is 291 g/mol. The number of hydrogen-bond acceptors (Lipinski definition) is 6. The van der Waals surface area contributed by atoms with E-state index in [0.29, 0.717) is 11.5 Å². The van der Waals surface area contributed by atoms with Gasteiger partial charge in [0.25, 0.3) is 5.91 Å². The Labute approximate surface area is 121 Å². The summed E-state index contributed by atoms with van der Waals surface area (Å²) < 4.78 is 0. The number of rotatable bonds is 5. The Morgan fingerprint density at radius 1 is 1.30 bits per heavy atom. The molecule has 1 atom stereocenters. The van der Waals surface area contributed by atoms with Gasteiger partial charge in [-0.15, -0.1) is 11.3 Å². The molecule has 0 radical (unpaired) electrons. The molecule has 7 heteroatoms. The number of thiazole rings is 1. The van der Waals surface area contributed by atoms with Crippen LogP contribution in [0.4, 0.5) is 5.82 Å². The zero-order valence-electron chi connectivity index (χ0n) is 11.7. The van der Waals surface area contributed by atoms with Crippen molar-refractivity contribution in [3.05, 3.63) is 34.2 Å². The van der Waals surface area contributed by atoms with Gasteiger partial charge in [-0.1, -0.05) is 6.92 Å². The zero-order chi connectivity index (χ0) is 14.5. The van der Waals surface area contributed by atoms with E-state index in [1.807, 2.05) is 13.1 Å². The number of amides is 1. The van der Waals surface area contributed by atoms with E-state index in [-0.39, 0.29) is 11.9 Å². The van der Waals surface area contributed by atoms with Gasteiger partial charge in [0.1, 0.15) is 16.5 Å². The molecule has 2 N–H and O–H groups in total. The van der Waals surface area contributed by atoms with E-state index in [1.54, 1.807) is 18.4 Å². The smallest absolute Gasteiger partial charge is 0.272 e. The van der Waals surface area contributed by atoms with Crippen LogP contribution in [0.5, 0.6) is 0 Å². The molecule has 0 fully saturated rings. The van der Waals surface area contributed by atoms with Crippen LogP contribution in [-0.2, 0) is 6.42 Å². The van der Waals surface area contributed by atoms with Crippen LogP contribution < -0.4 is 10.6 Å². The molecule has 0 aliphatic heterocycles. The molecular weight excluding hydrogens is 274 g/mol. The molecule has 1 unspecified atom stereocenters. The van der Waals surface area contributed by atoms with E-state index in [4.69, 9.17) is 0 Å². The molecular formula is C13H17N5OS. The van der Waals surface area contributed by atoms with Crippen LogP contribution in [0.25, 0.3) is 0 Å². The summed E-state index contributed by atoms with van der Waals surface area (Å²) in [5.74, 6) is 0.378. The van der Waals surface area contributed by atoms with Gasteiger partial charge in [0.05, 0.1) is 18.4 Å². The number of carbonyl (C=O) groups excluding carboxylic acids is 1. The molecule has 0 saturated heterocycles. The number of aryl methyl sites for hydroxylation is 1. The van der Waals surface area contributed by atoms with Crippen molar-refractivity contribution >= 4 is 23.1 Å². The Morgan fingerprint density at radius 3 is 2.65 bits per heavy atom. The van der Waals surface area contributed by atoms with Crippen molar-refractivity contribution in [1.82, 2.24) is 20.3 Å². The first-order chi connectivity index (χ1) is 9.63. The fourth-order valence-electron chi connectivity index (χ4n) is 1.59. The maximum Gasteiger partial charge on any atom is 0.272 e. The second-order valence-electron chi connectivity index (χ2n) is 4.25. The molecule has 0 bridgehead atoms. The third-order valence-electron chi connectivity index (χ3n) is 2.78. The van der Waals surface area contributed by atoms with Gasteiger partial charge >= 0.3 is 0 Å². The van der Waals surface area contributed by atoms with E-state index < -0.39 is 0 Å². The summed E-state index contributed by atoms with van der Waals surface area (Å²) in [6.07, 6.45) is 5.78. The Balaban J connectivity index is 2.02. The molecule has 0 aliphatic rings. The minimum Gasteiger partial charge on any atom is -0.372 e. The summed E-state index contributed by atoms with van der Waals surface area (Å²) in [6.45, 7) is 3.99. The Bertz CT molecular complexity index is 581. The SMILES string of the molecule is CCc1cnc(C(C)NC(=O)c2cnc(NC)cn2)s1. The Kier molecular flexibility index (Phi) is 4.62. The summed E-state index contributed by atoms with van der Waals surface area (Å²) in [6, 6.07) is -0.140. The van der Waals surface area contributed by atoms with Crippen molar-refractivity contribution in [2.24, 2.45) is 0 Å². The molecule has 1 amide bonds. The number of carbonyl (C=O) groups is 1. The van der Waals surface area contributed by atoms with Gasteiger partial charge in [0.15, 0.2) is 0 Å². The predicted molar refractivity (Wildman–Crippen MR) is 79.0 cm³/mol.